The van der Waals surface area contributed by atoms with Crippen molar-refractivity contribution in [2.45, 2.75) is 26.9 Å². The number of nitrogens with one attached hydrogen (secondary N) is 1. The van der Waals surface area contributed by atoms with Gasteiger partial charge in [0.2, 0.25) is 0 Å². The highest BCUT2D eigenvalue weighted by atomic mass is 16.6. The van der Waals surface area contributed by atoms with Crippen LogP contribution >= 0.6 is 0 Å². The first-order valence-electron chi connectivity index (χ1n) is 4.77. The summed E-state index contributed by atoms with van der Waals surface area (Å²) in [5.74, 6) is 0.507. The number of rotatable bonds is 8. The maximum Gasteiger partial charge on any atom is 0.0920 e. The van der Waals surface area contributed by atoms with Gasteiger partial charge in [0.1, 0.15) is 0 Å². The Morgan fingerprint density at radius 3 is 2.54 bits per heavy atom. The fourth-order valence-electron chi connectivity index (χ4n) is 0.756. The van der Waals surface area contributed by atoms with Crippen molar-refractivity contribution in [2.75, 3.05) is 26.4 Å². The molecule has 0 aromatic heterocycles. The molecular formula is C9H21NO3. The molecule has 1 unspecified atom stereocenters. The second-order valence-electron chi connectivity index (χ2n) is 3.37. The molecule has 0 saturated heterocycles. The predicted molar refractivity (Wildman–Crippen MR) is 51.3 cm³/mol. The van der Waals surface area contributed by atoms with Crippen LogP contribution in [0.1, 0.15) is 20.8 Å². The predicted octanol–water partition coefficient (Wildman–Crippen LogP) is 0.561. The third-order valence-corrected chi connectivity index (χ3v) is 1.33. The molecule has 0 aromatic rings. The van der Waals surface area contributed by atoms with Gasteiger partial charge in [0.05, 0.1) is 19.3 Å². The first-order valence-corrected chi connectivity index (χ1v) is 4.77. The van der Waals surface area contributed by atoms with Crippen molar-refractivity contribution in [2.24, 2.45) is 5.92 Å². The van der Waals surface area contributed by atoms with Crippen molar-refractivity contribution in [1.29, 1.82) is 0 Å². The lowest BCUT2D eigenvalue weighted by molar-refractivity contribution is -0.0153. The largest absolute Gasteiger partial charge is 0.389 e. The number of hydroxylamine groups is 1. The van der Waals surface area contributed by atoms with E-state index in [1.807, 2.05) is 6.92 Å². The highest BCUT2D eigenvalue weighted by Crippen LogP contribution is 1.93. The Kier molecular flexibility index (Phi) is 8.33. The molecule has 0 aromatic carbocycles. The number of aliphatic hydroxyl groups excluding tert-OH is 1. The Morgan fingerprint density at radius 2 is 2.00 bits per heavy atom. The monoisotopic (exact) mass is 191 g/mol. The molecule has 4 heteroatoms. The normalized spacial score (nSPS) is 13.6. The van der Waals surface area contributed by atoms with E-state index in [4.69, 9.17) is 9.57 Å². The van der Waals surface area contributed by atoms with Gasteiger partial charge in [0, 0.05) is 13.2 Å². The quantitative estimate of drug-likeness (QED) is 0.435. The molecule has 0 bridgehead atoms. The molecule has 0 aliphatic rings. The zero-order valence-electron chi connectivity index (χ0n) is 8.75. The molecule has 4 nitrogen and oxygen atoms in total. The Hall–Kier alpha value is -0.160. The summed E-state index contributed by atoms with van der Waals surface area (Å²) in [6.07, 6.45) is -0.495. The van der Waals surface area contributed by atoms with Gasteiger partial charge in [0.15, 0.2) is 0 Å². The highest BCUT2D eigenvalue weighted by Gasteiger charge is 2.03. The molecular weight excluding hydrogens is 170 g/mol. The molecule has 80 valence electrons. The van der Waals surface area contributed by atoms with E-state index < -0.39 is 6.10 Å². The number of aliphatic hydroxyl groups is 1. The maximum atomic E-state index is 9.32. The van der Waals surface area contributed by atoms with Crippen molar-refractivity contribution in [3.8, 4) is 0 Å². The second kappa shape index (κ2) is 8.44. The molecule has 0 fully saturated rings. The average molecular weight is 191 g/mol. The van der Waals surface area contributed by atoms with Gasteiger partial charge >= 0.3 is 0 Å². The van der Waals surface area contributed by atoms with Gasteiger partial charge < -0.3 is 14.7 Å². The van der Waals surface area contributed by atoms with Crippen LogP contribution in [0.4, 0.5) is 0 Å². The fourth-order valence-corrected chi connectivity index (χ4v) is 0.756. The lowest BCUT2D eigenvalue weighted by Crippen LogP contribution is -2.30. The van der Waals surface area contributed by atoms with Crippen LogP contribution in [0.5, 0.6) is 0 Å². The van der Waals surface area contributed by atoms with E-state index >= 15 is 0 Å². The average Bonchev–Trinajstić information content (AvgIpc) is 2.04. The summed E-state index contributed by atoms with van der Waals surface area (Å²) < 4.78 is 5.24. The van der Waals surface area contributed by atoms with Gasteiger partial charge in [-0.3, -0.25) is 0 Å². The van der Waals surface area contributed by atoms with Gasteiger partial charge in [0.25, 0.3) is 0 Å². The molecule has 2 N–H and O–H groups in total. The van der Waals surface area contributed by atoms with Crippen molar-refractivity contribution >= 4 is 0 Å². The van der Waals surface area contributed by atoms with E-state index in [9.17, 15) is 5.11 Å². The molecule has 0 aliphatic heterocycles. The summed E-state index contributed by atoms with van der Waals surface area (Å²) >= 11 is 0. The molecule has 0 heterocycles. The van der Waals surface area contributed by atoms with Crippen LogP contribution in [0.15, 0.2) is 0 Å². The van der Waals surface area contributed by atoms with Crippen LogP contribution in [0.25, 0.3) is 0 Å². The Bertz CT molecular complexity index is 109. The second-order valence-corrected chi connectivity index (χ2v) is 3.37. The van der Waals surface area contributed by atoms with E-state index in [2.05, 4.69) is 19.3 Å². The van der Waals surface area contributed by atoms with Gasteiger partial charge in [-0.05, 0) is 12.8 Å². The van der Waals surface area contributed by atoms with Crippen molar-refractivity contribution < 1.29 is 14.7 Å². The lowest BCUT2D eigenvalue weighted by Gasteiger charge is -2.12. The Balaban J connectivity index is 3.15. The maximum absolute atomic E-state index is 9.32. The highest BCUT2D eigenvalue weighted by molar-refractivity contribution is 4.54. The van der Waals surface area contributed by atoms with E-state index in [-0.39, 0.29) is 0 Å². The summed E-state index contributed by atoms with van der Waals surface area (Å²) in [7, 11) is 0. The first kappa shape index (κ1) is 12.8. The molecule has 13 heavy (non-hydrogen) atoms. The van der Waals surface area contributed by atoms with Gasteiger partial charge in [-0.25, -0.2) is 0 Å². The molecule has 0 aliphatic carbocycles. The van der Waals surface area contributed by atoms with Crippen LogP contribution in [-0.2, 0) is 9.57 Å². The van der Waals surface area contributed by atoms with Crippen LogP contribution < -0.4 is 5.48 Å². The number of hydrogen-bond donors (Lipinski definition) is 2. The third kappa shape index (κ3) is 9.76. The van der Waals surface area contributed by atoms with Gasteiger partial charge in [-0.15, -0.1) is 0 Å². The number of hydrogen-bond acceptors (Lipinski definition) is 4. The van der Waals surface area contributed by atoms with Gasteiger partial charge in [-0.1, -0.05) is 13.8 Å². The van der Waals surface area contributed by atoms with E-state index in [1.165, 1.54) is 0 Å². The topological polar surface area (TPSA) is 50.7 Å². The zero-order chi connectivity index (χ0) is 10.1. The molecule has 1 atom stereocenters. The summed E-state index contributed by atoms with van der Waals surface area (Å²) in [5, 5.41) is 9.32. The summed E-state index contributed by atoms with van der Waals surface area (Å²) in [6, 6.07) is 0. The Morgan fingerprint density at radius 1 is 1.31 bits per heavy atom. The fraction of sp³-hybridized carbons (Fsp3) is 1.00. The molecule has 0 amide bonds. The Labute approximate surface area is 80.2 Å². The summed E-state index contributed by atoms with van der Waals surface area (Å²) in [6.45, 7) is 8.08. The summed E-state index contributed by atoms with van der Waals surface area (Å²) in [4.78, 5) is 4.87. The van der Waals surface area contributed by atoms with Crippen LogP contribution in [-0.4, -0.2) is 37.6 Å². The molecule has 0 radical (unpaired) electrons. The molecule has 0 saturated carbocycles. The van der Waals surface area contributed by atoms with Crippen LogP contribution in [0.3, 0.4) is 0 Å². The smallest absolute Gasteiger partial charge is 0.0920 e. The van der Waals surface area contributed by atoms with Crippen LogP contribution in [0, 0.1) is 5.92 Å². The van der Waals surface area contributed by atoms with Crippen molar-refractivity contribution in [1.82, 2.24) is 5.48 Å². The van der Waals surface area contributed by atoms with Crippen molar-refractivity contribution in [3.63, 3.8) is 0 Å². The molecule has 0 rings (SSSR count). The van der Waals surface area contributed by atoms with E-state index in [1.54, 1.807) is 0 Å². The summed E-state index contributed by atoms with van der Waals surface area (Å²) in [5.41, 5.74) is 2.64. The number of ether oxygens (including phenoxy) is 1. The van der Waals surface area contributed by atoms with Crippen molar-refractivity contribution in [3.05, 3.63) is 0 Å². The lowest BCUT2D eigenvalue weighted by atomic mass is 10.2. The standard InChI is InChI=1S/C9H21NO3/c1-4-13-10-5-9(11)7-12-6-8(2)3/h8-11H,4-7H2,1-3H3. The molecule has 0 spiro atoms. The van der Waals surface area contributed by atoms with Crippen LogP contribution in [0.2, 0.25) is 0 Å². The SMILES string of the molecule is CCONCC(O)COCC(C)C. The first-order chi connectivity index (χ1) is 6.16. The van der Waals surface area contributed by atoms with Gasteiger partial charge in [-0.2, -0.15) is 5.48 Å². The third-order valence-electron chi connectivity index (χ3n) is 1.33. The van der Waals surface area contributed by atoms with E-state index in [0.717, 1.165) is 0 Å². The minimum absolute atomic E-state index is 0.359. The minimum Gasteiger partial charge on any atom is -0.389 e. The van der Waals surface area contributed by atoms with E-state index in [0.29, 0.717) is 32.3 Å². The minimum atomic E-state index is -0.495. The zero-order valence-corrected chi connectivity index (χ0v) is 8.75.